The molecule has 1 N–H and O–H groups in total. The van der Waals surface area contributed by atoms with E-state index >= 15 is 0 Å². The van der Waals surface area contributed by atoms with Crippen LogP contribution in [0.5, 0.6) is 0 Å². The first-order valence-corrected chi connectivity index (χ1v) is 9.19. The molecule has 0 radical (unpaired) electrons. The number of ketones is 1. The average Bonchev–Trinajstić information content (AvgIpc) is 2.67. The second-order valence-electron chi connectivity index (χ2n) is 7.06. The highest BCUT2D eigenvalue weighted by Crippen LogP contribution is 2.25. The SMILES string of the molecule is CC1(C(=O)O)OCC(CCCCN2C=COC(C3=CC=CC(=O)C3)=C2)CO1. The van der Waals surface area contributed by atoms with Crippen molar-refractivity contribution in [1.82, 2.24) is 4.90 Å². The van der Waals surface area contributed by atoms with E-state index in [9.17, 15) is 9.59 Å². The standard InChI is InChI=1S/C20H25NO6/c1-20(19(23)24)26-13-15(14-27-20)5-2-3-8-21-9-10-25-18(12-21)16-6-4-7-17(22)11-16/h4,6-7,9-10,12,15H,2-3,5,8,11,13-14H2,1H3,(H,23,24). The van der Waals surface area contributed by atoms with E-state index in [0.717, 1.165) is 31.4 Å². The molecule has 27 heavy (non-hydrogen) atoms. The smallest absolute Gasteiger partial charge is 0.364 e. The third kappa shape index (κ3) is 5.08. The van der Waals surface area contributed by atoms with Crippen molar-refractivity contribution in [1.29, 1.82) is 0 Å². The van der Waals surface area contributed by atoms with Crippen LogP contribution in [-0.2, 0) is 23.8 Å². The normalized spacial score (nSPS) is 27.8. The molecule has 0 unspecified atom stereocenters. The van der Waals surface area contributed by atoms with E-state index in [1.807, 2.05) is 18.5 Å². The molecule has 0 bridgehead atoms. The molecule has 3 rings (SSSR count). The molecular weight excluding hydrogens is 350 g/mol. The van der Waals surface area contributed by atoms with Crippen molar-refractivity contribution in [2.45, 2.75) is 38.4 Å². The topological polar surface area (TPSA) is 85.3 Å². The van der Waals surface area contributed by atoms with Gasteiger partial charge in [-0.15, -0.1) is 0 Å². The molecule has 0 aromatic heterocycles. The fraction of sp³-hybridized carbons (Fsp3) is 0.500. The van der Waals surface area contributed by atoms with Crippen molar-refractivity contribution in [3.8, 4) is 0 Å². The van der Waals surface area contributed by atoms with Crippen molar-refractivity contribution >= 4 is 11.8 Å². The number of allylic oxidation sites excluding steroid dienone is 4. The van der Waals surface area contributed by atoms with E-state index < -0.39 is 11.8 Å². The Morgan fingerprint density at radius 2 is 2.11 bits per heavy atom. The predicted octanol–water partition coefficient (Wildman–Crippen LogP) is 2.72. The van der Waals surface area contributed by atoms with Crippen molar-refractivity contribution in [3.05, 3.63) is 48.2 Å². The first kappa shape index (κ1) is 19.4. The van der Waals surface area contributed by atoms with Gasteiger partial charge in [-0.25, -0.2) is 4.79 Å². The second kappa shape index (κ2) is 8.54. The molecule has 0 spiro atoms. The lowest BCUT2D eigenvalue weighted by atomic mass is 10.0. The van der Waals surface area contributed by atoms with E-state index in [1.165, 1.54) is 6.92 Å². The van der Waals surface area contributed by atoms with E-state index in [0.29, 0.717) is 25.4 Å². The summed E-state index contributed by atoms with van der Waals surface area (Å²) >= 11 is 0. The summed E-state index contributed by atoms with van der Waals surface area (Å²) < 4.78 is 16.3. The summed E-state index contributed by atoms with van der Waals surface area (Å²) in [5, 5.41) is 9.07. The number of hydrogen-bond acceptors (Lipinski definition) is 6. The molecule has 1 aliphatic carbocycles. The number of aliphatic carboxylic acids is 1. The van der Waals surface area contributed by atoms with Gasteiger partial charge in [-0.3, -0.25) is 4.79 Å². The number of carboxylic acids is 1. The van der Waals surface area contributed by atoms with Crippen molar-refractivity contribution in [2.75, 3.05) is 19.8 Å². The zero-order valence-corrected chi connectivity index (χ0v) is 15.4. The molecule has 0 aromatic carbocycles. The minimum absolute atomic E-state index is 0.0778. The van der Waals surface area contributed by atoms with Crippen LogP contribution in [0, 0.1) is 5.92 Å². The Morgan fingerprint density at radius 3 is 2.81 bits per heavy atom. The number of carbonyl (C=O) groups is 2. The molecule has 2 aliphatic heterocycles. The van der Waals surface area contributed by atoms with Crippen LogP contribution in [-0.4, -0.2) is 47.3 Å². The van der Waals surface area contributed by atoms with Gasteiger partial charge in [-0.1, -0.05) is 18.6 Å². The Bertz CT molecular complexity index is 697. The number of carboxylic acid groups (broad SMARTS) is 1. The second-order valence-corrected chi connectivity index (χ2v) is 7.06. The highest BCUT2D eigenvalue weighted by atomic mass is 16.7. The van der Waals surface area contributed by atoms with Gasteiger partial charge in [0.1, 0.15) is 12.0 Å². The van der Waals surface area contributed by atoms with Gasteiger partial charge in [-0.2, -0.15) is 0 Å². The minimum atomic E-state index is -1.51. The van der Waals surface area contributed by atoms with Crippen LogP contribution in [0.2, 0.25) is 0 Å². The largest absolute Gasteiger partial charge is 0.477 e. The first-order chi connectivity index (χ1) is 13.0. The van der Waals surface area contributed by atoms with Crippen molar-refractivity contribution in [2.24, 2.45) is 5.92 Å². The van der Waals surface area contributed by atoms with Crippen LogP contribution in [0.4, 0.5) is 0 Å². The van der Waals surface area contributed by atoms with E-state index in [2.05, 4.69) is 4.90 Å². The first-order valence-electron chi connectivity index (χ1n) is 9.19. The van der Waals surface area contributed by atoms with Gasteiger partial charge in [0, 0.05) is 43.8 Å². The Kier molecular flexibility index (Phi) is 6.13. The van der Waals surface area contributed by atoms with E-state index in [4.69, 9.17) is 19.3 Å². The fourth-order valence-electron chi connectivity index (χ4n) is 3.11. The molecule has 2 heterocycles. The molecule has 0 atom stereocenters. The van der Waals surface area contributed by atoms with Gasteiger partial charge in [-0.05, 0) is 18.9 Å². The molecule has 7 heteroatoms. The number of hydrogen-bond donors (Lipinski definition) is 1. The zero-order valence-electron chi connectivity index (χ0n) is 15.4. The molecule has 1 fully saturated rings. The Hall–Kier alpha value is -2.38. The van der Waals surface area contributed by atoms with Crippen molar-refractivity contribution < 1.29 is 28.9 Å². The predicted molar refractivity (Wildman–Crippen MR) is 97.1 cm³/mol. The monoisotopic (exact) mass is 375 g/mol. The molecule has 0 saturated carbocycles. The summed E-state index contributed by atoms with van der Waals surface area (Å²) in [7, 11) is 0. The van der Waals surface area contributed by atoms with Gasteiger partial charge in [0.05, 0.1) is 13.2 Å². The summed E-state index contributed by atoms with van der Waals surface area (Å²) in [4.78, 5) is 24.7. The van der Waals surface area contributed by atoms with Gasteiger partial charge >= 0.3 is 5.97 Å². The summed E-state index contributed by atoms with van der Waals surface area (Å²) in [6, 6.07) is 0. The van der Waals surface area contributed by atoms with Gasteiger partial charge in [0.15, 0.2) is 5.78 Å². The highest BCUT2D eigenvalue weighted by molar-refractivity contribution is 5.93. The molecule has 1 saturated heterocycles. The number of unbranched alkanes of at least 4 members (excludes halogenated alkanes) is 1. The third-order valence-corrected chi connectivity index (χ3v) is 4.85. The maximum absolute atomic E-state index is 11.5. The molecule has 146 valence electrons. The Morgan fingerprint density at radius 1 is 1.33 bits per heavy atom. The number of carbonyl (C=O) groups excluding carboxylic acids is 1. The minimum Gasteiger partial charge on any atom is -0.477 e. The summed E-state index contributed by atoms with van der Waals surface area (Å²) in [5.41, 5.74) is 0.884. The van der Waals surface area contributed by atoms with Crippen LogP contribution >= 0.6 is 0 Å². The lowest BCUT2D eigenvalue weighted by Crippen LogP contribution is -2.47. The quantitative estimate of drug-likeness (QED) is 0.685. The third-order valence-electron chi connectivity index (χ3n) is 4.85. The van der Waals surface area contributed by atoms with Crippen LogP contribution in [0.1, 0.15) is 32.6 Å². The number of ether oxygens (including phenoxy) is 3. The van der Waals surface area contributed by atoms with E-state index in [-0.39, 0.29) is 11.7 Å². The van der Waals surface area contributed by atoms with Gasteiger partial charge in [0.25, 0.3) is 5.79 Å². The zero-order chi connectivity index (χ0) is 19.3. The highest BCUT2D eigenvalue weighted by Gasteiger charge is 2.40. The lowest BCUT2D eigenvalue weighted by Gasteiger charge is -2.34. The maximum atomic E-state index is 11.5. The van der Waals surface area contributed by atoms with E-state index in [1.54, 1.807) is 18.4 Å². The lowest BCUT2D eigenvalue weighted by molar-refractivity contribution is -0.271. The van der Waals surface area contributed by atoms with Gasteiger partial charge < -0.3 is 24.2 Å². The average molecular weight is 375 g/mol. The molecule has 7 nitrogen and oxygen atoms in total. The van der Waals surface area contributed by atoms with Crippen LogP contribution < -0.4 is 0 Å². The van der Waals surface area contributed by atoms with Crippen LogP contribution in [0.3, 0.4) is 0 Å². The molecule has 0 amide bonds. The van der Waals surface area contributed by atoms with Crippen LogP contribution in [0.25, 0.3) is 0 Å². The summed E-state index contributed by atoms with van der Waals surface area (Å²) in [6.45, 7) is 3.08. The molecular formula is C20H25NO6. The Balaban J connectivity index is 1.39. The van der Waals surface area contributed by atoms with Gasteiger partial charge in [0.2, 0.25) is 0 Å². The Labute approximate surface area is 158 Å². The number of rotatable bonds is 7. The number of nitrogens with zero attached hydrogens (tertiary/aromatic N) is 1. The molecule has 0 aromatic rings. The van der Waals surface area contributed by atoms with Crippen LogP contribution in [0.15, 0.2) is 48.2 Å². The summed E-state index contributed by atoms with van der Waals surface area (Å²) in [6.07, 6.45) is 13.9. The van der Waals surface area contributed by atoms with Crippen molar-refractivity contribution in [3.63, 3.8) is 0 Å². The summed E-state index contributed by atoms with van der Waals surface area (Å²) in [5.74, 6) is -1.60. The maximum Gasteiger partial charge on any atom is 0.364 e. The molecule has 3 aliphatic rings. The fourth-order valence-corrected chi connectivity index (χ4v) is 3.11.